The summed E-state index contributed by atoms with van der Waals surface area (Å²) in [4.78, 5) is 53.3. The second-order valence-corrected chi connectivity index (χ2v) is 8.16. The van der Waals surface area contributed by atoms with Gasteiger partial charge in [0.05, 0.1) is 16.2 Å². The third-order valence-electron chi connectivity index (χ3n) is 5.27. The lowest BCUT2D eigenvalue weighted by molar-refractivity contribution is -0.385. The number of nitro benzene ring substituents is 1. The van der Waals surface area contributed by atoms with Gasteiger partial charge in [0.15, 0.2) is 5.13 Å². The number of aromatic nitrogens is 1. The molecule has 0 aliphatic carbocycles. The number of hydrogen-bond donors (Lipinski definition) is 1. The summed E-state index contributed by atoms with van der Waals surface area (Å²) in [6.45, 7) is -0.575. The molecule has 1 aromatic heterocycles. The molecule has 0 saturated heterocycles. The summed E-state index contributed by atoms with van der Waals surface area (Å²) in [5.74, 6) is -2.25. The molecule has 0 saturated carbocycles. The highest BCUT2D eigenvalue weighted by Crippen LogP contribution is 2.31. The Morgan fingerprint density at radius 3 is 2.61 bits per heavy atom. The van der Waals surface area contributed by atoms with Crippen molar-refractivity contribution in [2.75, 3.05) is 11.9 Å². The third-order valence-corrected chi connectivity index (χ3v) is 6.03. The van der Waals surface area contributed by atoms with Gasteiger partial charge < -0.3 is 5.32 Å². The van der Waals surface area contributed by atoms with Crippen molar-refractivity contribution in [1.82, 2.24) is 9.88 Å². The molecule has 3 amide bonds. The molecule has 0 spiro atoms. The Morgan fingerprint density at radius 2 is 1.82 bits per heavy atom. The zero-order valence-electron chi connectivity index (χ0n) is 16.8. The van der Waals surface area contributed by atoms with Gasteiger partial charge in [0.25, 0.3) is 17.5 Å². The second-order valence-electron chi connectivity index (χ2n) is 7.30. The van der Waals surface area contributed by atoms with Gasteiger partial charge in [0.1, 0.15) is 12.1 Å². The predicted molar refractivity (Wildman–Crippen MR) is 122 cm³/mol. The van der Waals surface area contributed by atoms with Crippen LogP contribution in [0.4, 0.5) is 10.8 Å². The molecule has 1 N–H and O–H groups in total. The maximum atomic E-state index is 12.6. The van der Waals surface area contributed by atoms with Crippen molar-refractivity contribution < 1.29 is 19.3 Å². The van der Waals surface area contributed by atoms with Crippen LogP contribution in [0.5, 0.6) is 0 Å². The summed E-state index contributed by atoms with van der Waals surface area (Å²) < 4.78 is 0. The molecular formula is C23H14N4O5S. The van der Waals surface area contributed by atoms with Gasteiger partial charge in [-0.15, -0.1) is 11.3 Å². The van der Waals surface area contributed by atoms with Gasteiger partial charge in [-0.25, -0.2) is 4.98 Å². The zero-order valence-corrected chi connectivity index (χ0v) is 17.7. The van der Waals surface area contributed by atoms with Gasteiger partial charge in [-0.2, -0.15) is 0 Å². The van der Waals surface area contributed by atoms with Crippen molar-refractivity contribution in [3.8, 4) is 11.3 Å². The van der Waals surface area contributed by atoms with E-state index in [1.165, 1.54) is 23.5 Å². The fraction of sp³-hybridized carbons (Fsp3) is 0.0435. The number of carbonyl (C=O) groups is 3. The first kappa shape index (κ1) is 20.5. The Balaban J connectivity index is 1.31. The number of hydrogen-bond acceptors (Lipinski definition) is 7. The summed E-state index contributed by atoms with van der Waals surface area (Å²) in [6, 6.07) is 17.7. The number of nitrogens with one attached hydrogen (secondary N) is 1. The van der Waals surface area contributed by atoms with E-state index in [0.29, 0.717) is 15.7 Å². The van der Waals surface area contributed by atoms with Crippen LogP contribution in [0.2, 0.25) is 0 Å². The smallest absolute Gasteiger partial charge is 0.282 e. The molecule has 0 unspecified atom stereocenters. The van der Waals surface area contributed by atoms with Crippen molar-refractivity contribution in [1.29, 1.82) is 0 Å². The summed E-state index contributed by atoms with van der Waals surface area (Å²) in [6.07, 6.45) is 0. The molecular weight excluding hydrogens is 444 g/mol. The molecule has 4 aromatic rings. The molecule has 0 atom stereocenters. The normalized spacial score (nSPS) is 12.8. The number of benzene rings is 3. The summed E-state index contributed by atoms with van der Waals surface area (Å²) in [5.41, 5.74) is 0.715. The molecule has 3 aromatic carbocycles. The number of nitro groups is 1. The molecule has 0 radical (unpaired) electrons. The lowest BCUT2D eigenvalue weighted by Gasteiger charge is -2.12. The van der Waals surface area contributed by atoms with Crippen LogP contribution in [0.1, 0.15) is 20.7 Å². The highest BCUT2D eigenvalue weighted by molar-refractivity contribution is 7.14. The van der Waals surface area contributed by atoms with E-state index >= 15 is 0 Å². The van der Waals surface area contributed by atoms with Gasteiger partial charge in [0.2, 0.25) is 5.91 Å². The van der Waals surface area contributed by atoms with Gasteiger partial charge in [-0.3, -0.25) is 29.4 Å². The number of carbonyl (C=O) groups excluding carboxylic acids is 3. The number of anilines is 1. The predicted octanol–water partition coefficient (Wildman–Crippen LogP) is 4.11. The van der Waals surface area contributed by atoms with Crippen molar-refractivity contribution in [3.05, 3.63) is 87.3 Å². The van der Waals surface area contributed by atoms with E-state index in [0.717, 1.165) is 22.4 Å². The Bertz CT molecular complexity index is 1480. The van der Waals surface area contributed by atoms with Crippen molar-refractivity contribution >= 4 is 50.6 Å². The highest BCUT2D eigenvalue weighted by Gasteiger charge is 2.41. The van der Waals surface area contributed by atoms with Crippen LogP contribution >= 0.6 is 11.3 Å². The minimum absolute atomic E-state index is 0.0881. The zero-order chi connectivity index (χ0) is 23.1. The quantitative estimate of drug-likeness (QED) is 0.273. The van der Waals surface area contributed by atoms with Crippen LogP contribution in [0.25, 0.3) is 22.0 Å². The maximum absolute atomic E-state index is 12.6. The van der Waals surface area contributed by atoms with Crippen LogP contribution < -0.4 is 5.32 Å². The van der Waals surface area contributed by atoms with E-state index in [9.17, 15) is 24.5 Å². The van der Waals surface area contributed by atoms with Crippen LogP contribution in [-0.2, 0) is 4.79 Å². The fourth-order valence-electron chi connectivity index (χ4n) is 3.73. The fourth-order valence-corrected chi connectivity index (χ4v) is 4.46. The standard InChI is InChI=1S/C23H14N4O5S/c28-19(11-26-21(29)16-6-3-7-18(27(31)32)20(16)22(26)30)25-23-24-17(12-33-23)15-9-8-13-4-1-2-5-14(13)10-15/h1-10,12H,11H2,(H,24,25,28). The molecule has 1 aliphatic heterocycles. The van der Waals surface area contributed by atoms with Gasteiger partial charge >= 0.3 is 0 Å². The second kappa shape index (κ2) is 7.92. The van der Waals surface area contributed by atoms with E-state index in [1.54, 1.807) is 5.38 Å². The van der Waals surface area contributed by atoms with E-state index in [1.807, 2.05) is 42.5 Å². The Morgan fingerprint density at radius 1 is 1.03 bits per heavy atom. The number of thiazole rings is 1. The summed E-state index contributed by atoms with van der Waals surface area (Å²) in [5, 5.41) is 18.1. The van der Waals surface area contributed by atoms with Crippen LogP contribution in [0.15, 0.2) is 66.0 Å². The van der Waals surface area contributed by atoms with Crippen LogP contribution in [0, 0.1) is 10.1 Å². The number of nitrogens with zero attached hydrogens (tertiary/aromatic N) is 3. The van der Waals surface area contributed by atoms with E-state index < -0.39 is 34.9 Å². The Hall–Kier alpha value is -4.44. The third kappa shape index (κ3) is 3.62. The average Bonchev–Trinajstić information content (AvgIpc) is 3.37. The van der Waals surface area contributed by atoms with Crippen LogP contribution in [0.3, 0.4) is 0 Å². The first-order valence-corrected chi connectivity index (χ1v) is 10.7. The number of rotatable bonds is 5. The first-order chi connectivity index (χ1) is 15.9. The number of imide groups is 1. The van der Waals surface area contributed by atoms with Crippen molar-refractivity contribution in [3.63, 3.8) is 0 Å². The van der Waals surface area contributed by atoms with E-state index in [-0.39, 0.29) is 11.1 Å². The highest BCUT2D eigenvalue weighted by atomic mass is 32.1. The number of amides is 3. The van der Waals surface area contributed by atoms with Crippen molar-refractivity contribution in [2.24, 2.45) is 0 Å². The SMILES string of the molecule is O=C(CN1C(=O)c2cccc([N+](=O)[O-])c2C1=O)Nc1nc(-c2ccc3ccccc3c2)cs1. The molecule has 0 bridgehead atoms. The van der Waals surface area contributed by atoms with Gasteiger partial charge in [0, 0.05) is 17.0 Å². The molecule has 10 heteroatoms. The summed E-state index contributed by atoms with van der Waals surface area (Å²) >= 11 is 1.21. The summed E-state index contributed by atoms with van der Waals surface area (Å²) in [7, 11) is 0. The van der Waals surface area contributed by atoms with Crippen LogP contribution in [-0.4, -0.2) is 39.1 Å². The van der Waals surface area contributed by atoms with Gasteiger partial charge in [-0.1, -0.05) is 42.5 Å². The Kier molecular flexibility index (Phi) is 4.91. The Labute approximate surface area is 190 Å². The molecule has 162 valence electrons. The minimum atomic E-state index is -0.867. The maximum Gasteiger partial charge on any atom is 0.282 e. The lowest BCUT2D eigenvalue weighted by Crippen LogP contribution is -2.37. The monoisotopic (exact) mass is 458 g/mol. The van der Waals surface area contributed by atoms with E-state index in [2.05, 4.69) is 10.3 Å². The van der Waals surface area contributed by atoms with Crippen molar-refractivity contribution in [2.45, 2.75) is 0 Å². The molecule has 1 aliphatic rings. The van der Waals surface area contributed by atoms with Gasteiger partial charge in [-0.05, 0) is 22.9 Å². The molecule has 5 rings (SSSR count). The molecule has 9 nitrogen and oxygen atoms in total. The van der Waals surface area contributed by atoms with E-state index in [4.69, 9.17) is 0 Å². The average molecular weight is 458 g/mol. The lowest BCUT2D eigenvalue weighted by atomic mass is 10.1. The molecule has 2 heterocycles. The largest absolute Gasteiger partial charge is 0.300 e. The number of fused-ring (bicyclic) bond motifs is 2. The molecule has 0 fully saturated rings. The topological polar surface area (TPSA) is 123 Å². The molecule has 33 heavy (non-hydrogen) atoms. The first-order valence-electron chi connectivity index (χ1n) is 9.80. The minimum Gasteiger partial charge on any atom is -0.300 e.